The molecule has 0 bridgehead atoms. The van der Waals surface area contributed by atoms with Crippen molar-refractivity contribution in [3.8, 4) is 0 Å². The lowest BCUT2D eigenvalue weighted by Crippen LogP contribution is -1.94. The molecule has 0 aliphatic heterocycles. The van der Waals surface area contributed by atoms with Crippen molar-refractivity contribution in [1.82, 2.24) is 9.78 Å². The largest absolute Gasteiger partial charge is 0.309 e. The van der Waals surface area contributed by atoms with E-state index in [1.165, 1.54) is 10.9 Å². The summed E-state index contributed by atoms with van der Waals surface area (Å²) in [5, 5.41) is 14.3. The molecule has 0 amide bonds. The molecule has 0 aliphatic rings. The predicted molar refractivity (Wildman–Crippen MR) is 43.8 cm³/mol. The molecule has 1 rings (SSSR count). The molecule has 0 fully saturated rings. The summed E-state index contributed by atoms with van der Waals surface area (Å²) in [6, 6.07) is 0. The van der Waals surface area contributed by atoms with Crippen LogP contribution in [0.5, 0.6) is 0 Å². The van der Waals surface area contributed by atoms with E-state index >= 15 is 0 Å². The van der Waals surface area contributed by atoms with E-state index in [4.69, 9.17) is 0 Å². The van der Waals surface area contributed by atoms with Gasteiger partial charge in [-0.05, 0) is 6.92 Å². The first-order valence-electron chi connectivity index (χ1n) is 3.44. The fourth-order valence-electron chi connectivity index (χ4n) is 0.912. The molecule has 12 heavy (non-hydrogen) atoms. The molecule has 0 spiro atoms. The summed E-state index contributed by atoms with van der Waals surface area (Å²) in [6.45, 7) is 5.61. The minimum Gasteiger partial charge on any atom is -0.262 e. The van der Waals surface area contributed by atoms with Crippen molar-refractivity contribution < 1.29 is 4.92 Å². The molecule has 0 N–H and O–H groups in total. The first-order valence-corrected chi connectivity index (χ1v) is 3.44. The van der Waals surface area contributed by atoms with Crippen molar-refractivity contribution in [2.75, 3.05) is 0 Å². The molecule has 5 heteroatoms. The normalized spacial score (nSPS) is 9.75. The first kappa shape index (κ1) is 8.45. The first-order chi connectivity index (χ1) is 5.65. The van der Waals surface area contributed by atoms with Crippen LogP contribution in [0.15, 0.2) is 18.9 Å². The van der Waals surface area contributed by atoms with Gasteiger partial charge in [0.1, 0.15) is 11.9 Å². The minimum absolute atomic E-state index is 0.0526. The number of rotatable bonds is 3. The van der Waals surface area contributed by atoms with Gasteiger partial charge in [-0.15, -0.1) is 6.58 Å². The minimum atomic E-state index is -0.443. The number of allylic oxidation sites excluding steroid dienone is 1. The molecule has 0 atom stereocenters. The number of hydrogen-bond donors (Lipinski definition) is 0. The lowest BCUT2D eigenvalue weighted by atomic mass is 10.4. The second kappa shape index (κ2) is 3.17. The summed E-state index contributed by atoms with van der Waals surface area (Å²) in [5.74, 6) is 0. The molecular weight excluding hydrogens is 158 g/mol. The molecule has 0 aliphatic carbocycles. The van der Waals surface area contributed by atoms with Crippen molar-refractivity contribution in [3.05, 3.63) is 34.7 Å². The van der Waals surface area contributed by atoms with Crippen LogP contribution in [0.25, 0.3) is 0 Å². The van der Waals surface area contributed by atoms with Gasteiger partial charge in [0, 0.05) is 0 Å². The SMILES string of the molecule is C=CCn1cc([N+](=O)[O-])c(C)n1. The Hall–Kier alpha value is -1.65. The summed E-state index contributed by atoms with van der Waals surface area (Å²) in [6.07, 6.45) is 3.03. The molecule has 0 saturated heterocycles. The fourth-order valence-corrected chi connectivity index (χ4v) is 0.912. The van der Waals surface area contributed by atoms with Crippen LogP contribution in [0.4, 0.5) is 5.69 Å². The van der Waals surface area contributed by atoms with E-state index in [1.54, 1.807) is 13.0 Å². The van der Waals surface area contributed by atoms with E-state index in [0.717, 1.165) is 0 Å². The third-order valence-corrected chi connectivity index (χ3v) is 1.43. The van der Waals surface area contributed by atoms with Crippen molar-refractivity contribution in [2.24, 2.45) is 0 Å². The molecule has 0 saturated carbocycles. The molecule has 5 nitrogen and oxygen atoms in total. The Morgan fingerprint density at radius 2 is 2.58 bits per heavy atom. The van der Waals surface area contributed by atoms with Gasteiger partial charge in [-0.3, -0.25) is 14.8 Å². The van der Waals surface area contributed by atoms with Crippen LogP contribution < -0.4 is 0 Å². The number of aryl methyl sites for hydroxylation is 1. The van der Waals surface area contributed by atoms with Crippen LogP contribution in [0.3, 0.4) is 0 Å². The Kier molecular flexibility index (Phi) is 2.23. The third-order valence-electron chi connectivity index (χ3n) is 1.43. The van der Waals surface area contributed by atoms with Gasteiger partial charge in [-0.1, -0.05) is 6.08 Å². The average molecular weight is 167 g/mol. The quantitative estimate of drug-likeness (QED) is 0.387. The van der Waals surface area contributed by atoms with E-state index in [9.17, 15) is 10.1 Å². The van der Waals surface area contributed by atoms with Gasteiger partial charge < -0.3 is 0 Å². The lowest BCUT2D eigenvalue weighted by Gasteiger charge is -1.89. The Balaban J connectivity index is 2.99. The summed E-state index contributed by atoms with van der Waals surface area (Å²) >= 11 is 0. The maximum Gasteiger partial charge on any atom is 0.309 e. The Morgan fingerprint density at radius 3 is 3.00 bits per heavy atom. The van der Waals surface area contributed by atoms with Crippen LogP contribution in [-0.4, -0.2) is 14.7 Å². The van der Waals surface area contributed by atoms with Crippen molar-refractivity contribution >= 4 is 5.69 Å². The summed E-state index contributed by atoms with van der Waals surface area (Å²) in [5.41, 5.74) is 0.485. The number of nitrogens with zero attached hydrogens (tertiary/aromatic N) is 3. The molecule has 0 unspecified atom stereocenters. The van der Waals surface area contributed by atoms with Gasteiger partial charge in [0.15, 0.2) is 0 Å². The Morgan fingerprint density at radius 1 is 1.92 bits per heavy atom. The molecular formula is C7H9N3O2. The van der Waals surface area contributed by atoms with E-state index < -0.39 is 4.92 Å². The molecule has 0 aromatic carbocycles. The Labute approximate surface area is 69.5 Å². The van der Waals surface area contributed by atoms with Crippen LogP contribution in [0.2, 0.25) is 0 Å². The van der Waals surface area contributed by atoms with Gasteiger partial charge in [0.05, 0.1) is 11.5 Å². The molecule has 64 valence electrons. The van der Waals surface area contributed by atoms with E-state index in [2.05, 4.69) is 11.7 Å². The van der Waals surface area contributed by atoms with E-state index in [0.29, 0.717) is 12.2 Å². The van der Waals surface area contributed by atoms with Crippen LogP contribution >= 0.6 is 0 Å². The van der Waals surface area contributed by atoms with Crippen LogP contribution in [-0.2, 0) is 6.54 Å². The molecule has 0 radical (unpaired) electrons. The summed E-state index contributed by atoms with van der Waals surface area (Å²) in [7, 11) is 0. The smallest absolute Gasteiger partial charge is 0.262 e. The van der Waals surface area contributed by atoms with Crippen molar-refractivity contribution in [3.63, 3.8) is 0 Å². The van der Waals surface area contributed by atoms with Crippen molar-refractivity contribution in [1.29, 1.82) is 0 Å². The zero-order chi connectivity index (χ0) is 9.14. The van der Waals surface area contributed by atoms with Gasteiger partial charge in [0.2, 0.25) is 0 Å². The van der Waals surface area contributed by atoms with Gasteiger partial charge >= 0.3 is 5.69 Å². The second-order valence-electron chi connectivity index (χ2n) is 2.37. The third kappa shape index (κ3) is 1.50. The monoisotopic (exact) mass is 167 g/mol. The maximum atomic E-state index is 10.4. The van der Waals surface area contributed by atoms with Gasteiger partial charge in [-0.25, -0.2) is 0 Å². The summed E-state index contributed by atoms with van der Waals surface area (Å²) < 4.78 is 1.49. The molecule has 1 aromatic heterocycles. The number of aromatic nitrogens is 2. The maximum absolute atomic E-state index is 10.4. The standard InChI is InChI=1S/C7H9N3O2/c1-3-4-9-5-7(10(11)12)6(2)8-9/h3,5H,1,4H2,2H3. The van der Waals surface area contributed by atoms with Crippen LogP contribution in [0, 0.1) is 17.0 Å². The van der Waals surface area contributed by atoms with Gasteiger partial charge in [-0.2, -0.15) is 5.10 Å². The topological polar surface area (TPSA) is 61.0 Å². The molecule has 1 heterocycles. The summed E-state index contributed by atoms with van der Waals surface area (Å²) in [4.78, 5) is 9.92. The van der Waals surface area contributed by atoms with E-state index in [1.807, 2.05) is 0 Å². The molecule has 1 aromatic rings. The number of nitro groups is 1. The highest BCUT2D eigenvalue weighted by atomic mass is 16.6. The van der Waals surface area contributed by atoms with E-state index in [-0.39, 0.29) is 5.69 Å². The highest BCUT2D eigenvalue weighted by molar-refractivity contribution is 5.31. The highest BCUT2D eigenvalue weighted by Gasteiger charge is 2.13. The zero-order valence-electron chi connectivity index (χ0n) is 6.73. The number of hydrogen-bond acceptors (Lipinski definition) is 3. The fraction of sp³-hybridized carbons (Fsp3) is 0.286. The van der Waals surface area contributed by atoms with Gasteiger partial charge in [0.25, 0.3) is 0 Å². The highest BCUT2D eigenvalue weighted by Crippen LogP contribution is 2.14. The lowest BCUT2D eigenvalue weighted by molar-refractivity contribution is -0.385. The van der Waals surface area contributed by atoms with Crippen LogP contribution in [0.1, 0.15) is 5.69 Å². The Bertz CT molecular complexity index is 316. The zero-order valence-corrected chi connectivity index (χ0v) is 6.73. The predicted octanol–water partition coefficient (Wildman–Crippen LogP) is 1.29. The second-order valence-corrected chi connectivity index (χ2v) is 2.37. The average Bonchev–Trinajstić information content (AvgIpc) is 2.32. The van der Waals surface area contributed by atoms with Crippen molar-refractivity contribution in [2.45, 2.75) is 13.5 Å².